The lowest BCUT2D eigenvalue weighted by molar-refractivity contribution is 0.157. The zero-order valence-corrected chi connectivity index (χ0v) is 14.1. The minimum Gasteiger partial charge on any atom is -0.489 e. The molecule has 0 spiro atoms. The fraction of sp³-hybridized carbons (Fsp3) is 0.316. The summed E-state index contributed by atoms with van der Waals surface area (Å²) in [4.78, 5) is 13.5. The molecule has 0 aliphatic carbocycles. The van der Waals surface area contributed by atoms with Crippen LogP contribution in [-0.2, 0) is 13.2 Å². The van der Waals surface area contributed by atoms with Crippen LogP contribution in [0.15, 0.2) is 54.6 Å². The van der Waals surface area contributed by atoms with Crippen LogP contribution in [0.3, 0.4) is 0 Å². The molecule has 1 atom stereocenters. The van der Waals surface area contributed by atoms with Gasteiger partial charge >= 0.3 is 6.03 Å². The molecule has 0 saturated heterocycles. The number of likely N-dealkylation sites (N-methyl/N-ethyl adjacent to an activating group) is 1. The van der Waals surface area contributed by atoms with Crippen LogP contribution in [0.5, 0.6) is 5.75 Å². The van der Waals surface area contributed by atoms with Gasteiger partial charge in [0.05, 0.1) is 12.6 Å². The zero-order chi connectivity index (χ0) is 17.4. The predicted octanol–water partition coefficient (Wildman–Crippen LogP) is 2.79. The van der Waals surface area contributed by atoms with E-state index in [0.717, 1.165) is 16.9 Å². The highest BCUT2D eigenvalue weighted by Gasteiger charge is 2.14. The van der Waals surface area contributed by atoms with Crippen molar-refractivity contribution >= 4 is 6.03 Å². The van der Waals surface area contributed by atoms with Gasteiger partial charge in [-0.05, 0) is 30.2 Å². The Morgan fingerprint density at radius 2 is 1.88 bits per heavy atom. The normalized spacial score (nSPS) is 11.6. The van der Waals surface area contributed by atoms with Gasteiger partial charge in [-0.3, -0.25) is 0 Å². The molecule has 5 nitrogen and oxygen atoms in total. The van der Waals surface area contributed by atoms with Crippen LogP contribution in [0.4, 0.5) is 4.79 Å². The summed E-state index contributed by atoms with van der Waals surface area (Å²) in [6, 6.07) is 17.2. The summed E-state index contributed by atoms with van der Waals surface area (Å²) in [5.74, 6) is 0.829. The van der Waals surface area contributed by atoms with Gasteiger partial charge in [0, 0.05) is 13.6 Å². The molecule has 2 aromatic carbocycles. The molecule has 128 valence electrons. The average molecular weight is 328 g/mol. The summed E-state index contributed by atoms with van der Waals surface area (Å²) in [6.07, 6.45) is 0. The quantitative estimate of drug-likeness (QED) is 0.821. The summed E-state index contributed by atoms with van der Waals surface area (Å²) < 4.78 is 5.73. The lowest BCUT2D eigenvalue weighted by atomic mass is 10.1. The molecule has 2 rings (SSSR count). The second-order valence-electron chi connectivity index (χ2n) is 5.72. The fourth-order valence-corrected chi connectivity index (χ4v) is 2.14. The topological polar surface area (TPSA) is 61.8 Å². The van der Waals surface area contributed by atoms with Crippen molar-refractivity contribution in [2.75, 3.05) is 13.7 Å². The molecule has 2 N–H and O–H groups in total. The molecule has 0 aromatic heterocycles. The van der Waals surface area contributed by atoms with Crippen molar-refractivity contribution in [2.24, 2.45) is 0 Å². The van der Waals surface area contributed by atoms with Crippen LogP contribution >= 0.6 is 0 Å². The van der Waals surface area contributed by atoms with E-state index in [1.807, 2.05) is 54.6 Å². The van der Waals surface area contributed by atoms with Crippen molar-refractivity contribution in [3.63, 3.8) is 0 Å². The van der Waals surface area contributed by atoms with Gasteiger partial charge in [0.2, 0.25) is 0 Å². The van der Waals surface area contributed by atoms with Gasteiger partial charge < -0.3 is 20.1 Å². The molecular formula is C19H24N2O3. The Balaban J connectivity index is 1.87. The van der Waals surface area contributed by atoms with Crippen molar-refractivity contribution < 1.29 is 14.6 Å². The second-order valence-corrected chi connectivity index (χ2v) is 5.72. The Kier molecular flexibility index (Phi) is 6.63. The van der Waals surface area contributed by atoms with Crippen molar-refractivity contribution in [1.29, 1.82) is 0 Å². The van der Waals surface area contributed by atoms with Crippen molar-refractivity contribution in [3.8, 4) is 5.75 Å². The smallest absolute Gasteiger partial charge is 0.317 e. The molecular weight excluding hydrogens is 304 g/mol. The van der Waals surface area contributed by atoms with Crippen molar-refractivity contribution in [3.05, 3.63) is 65.7 Å². The third kappa shape index (κ3) is 5.28. The summed E-state index contributed by atoms with van der Waals surface area (Å²) in [6.45, 7) is 2.64. The van der Waals surface area contributed by atoms with Gasteiger partial charge in [-0.15, -0.1) is 0 Å². The summed E-state index contributed by atoms with van der Waals surface area (Å²) in [7, 11) is 1.67. The van der Waals surface area contributed by atoms with Crippen LogP contribution in [0.1, 0.15) is 18.1 Å². The van der Waals surface area contributed by atoms with Crippen LogP contribution in [0.2, 0.25) is 0 Å². The maximum absolute atomic E-state index is 12.0. The zero-order valence-electron chi connectivity index (χ0n) is 14.1. The number of aliphatic hydroxyl groups is 1. The van der Waals surface area contributed by atoms with E-state index in [1.54, 1.807) is 14.0 Å². The minimum absolute atomic E-state index is 0.0593. The van der Waals surface area contributed by atoms with E-state index in [4.69, 9.17) is 9.84 Å². The number of ether oxygens (including phenoxy) is 1. The number of aliphatic hydroxyl groups excluding tert-OH is 1. The number of nitrogens with zero attached hydrogens (tertiary/aromatic N) is 1. The molecule has 0 fully saturated rings. The number of rotatable bonds is 7. The number of amides is 2. The molecule has 2 aromatic rings. The molecule has 0 heterocycles. The van der Waals surface area contributed by atoms with Gasteiger partial charge in [-0.25, -0.2) is 4.79 Å². The number of carbonyl (C=O) groups is 1. The third-order valence-corrected chi connectivity index (χ3v) is 3.83. The van der Waals surface area contributed by atoms with Gasteiger partial charge in [-0.1, -0.05) is 42.5 Å². The first-order valence-electron chi connectivity index (χ1n) is 7.97. The Hall–Kier alpha value is -2.53. The van der Waals surface area contributed by atoms with Crippen LogP contribution < -0.4 is 10.1 Å². The fourth-order valence-electron chi connectivity index (χ4n) is 2.14. The van der Waals surface area contributed by atoms with E-state index in [0.29, 0.717) is 13.2 Å². The van der Waals surface area contributed by atoms with Crippen LogP contribution in [0, 0.1) is 0 Å². The first kappa shape index (κ1) is 17.8. The Labute approximate surface area is 142 Å². The molecule has 5 heteroatoms. The van der Waals surface area contributed by atoms with E-state index in [1.165, 1.54) is 4.90 Å². The van der Waals surface area contributed by atoms with Crippen LogP contribution in [-0.4, -0.2) is 35.7 Å². The lowest BCUT2D eigenvalue weighted by Crippen LogP contribution is -2.43. The number of para-hydroxylation sites is 1. The molecule has 0 aliphatic rings. The molecule has 2 amide bonds. The van der Waals surface area contributed by atoms with E-state index in [9.17, 15) is 4.79 Å². The van der Waals surface area contributed by atoms with E-state index < -0.39 is 0 Å². The number of carbonyl (C=O) groups excluding carboxylic acids is 1. The van der Waals surface area contributed by atoms with Gasteiger partial charge in [0.25, 0.3) is 0 Å². The van der Waals surface area contributed by atoms with Crippen molar-refractivity contribution in [2.45, 2.75) is 26.1 Å². The number of hydrogen-bond donors (Lipinski definition) is 2. The van der Waals surface area contributed by atoms with Gasteiger partial charge in [-0.2, -0.15) is 0 Å². The summed E-state index contributed by atoms with van der Waals surface area (Å²) >= 11 is 0. The predicted molar refractivity (Wildman–Crippen MR) is 93.8 cm³/mol. The third-order valence-electron chi connectivity index (χ3n) is 3.83. The maximum atomic E-state index is 12.0. The highest BCUT2D eigenvalue weighted by molar-refractivity contribution is 5.74. The molecule has 0 bridgehead atoms. The van der Waals surface area contributed by atoms with E-state index in [-0.39, 0.29) is 18.7 Å². The molecule has 1 unspecified atom stereocenters. The van der Waals surface area contributed by atoms with Gasteiger partial charge in [0.15, 0.2) is 0 Å². The highest BCUT2D eigenvalue weighted by atomic mass is 16.5. The number of nitrogens with one attached hydrogen (secondary N) is 1. The first-order chi connectivity index (χ1) is 11.6. The van der Waals surface area contributed by atoms with E-state index in [2.05, 4.69) is 5.32 Å². The molecule has 0 saturated carbocycles. The SMILES string of the molecule is CC(CO)N(C)C(=O)NCc1cccc(COc2ccccc2)c1. The first-order valence-corrected chi connectivity index (χ1v) is 7.97. The van der Waals surface area contributed by atoms with Gasteiger partial charge in [0.1, 0.15) is 12.4 Å². The van der Waals surface area contributed by atoms with Crippen molar-refractivity contribution in [1.82, 2.24) is 10.2 Å². The Morgan fingerprint density at radius 1 is 1.17 bits per heavy atom. The minimum atomic E-state index is -0.212. The number of benzene rings is 2. The largest absolute Gasteiger partial charge is 0.489 e. The summed E-state index contributed by atoms with van der Waals surface area (Å²) in [5.41, 5.74) is 2.05. The summed E-state index contributed by atoms with van der Waals surface area (Å²) in [5, 5.41) is 11.9. The number of hydrogen-bond acceptors (Lipinski definition) is 3. The molecule has 24 heavy (non-hydrogen) atoms. The standard InChI is InChI=1S/C19H24N2O3/c1-15(13-22)21(2)19(23)20-12-16-7-6-8-17(11-16)14-24-18-9-4-3-5-10-18/h3-11,15,22H,12-14H2,1-2H3,(H,20,23). The second kappa shape index (κ2) is 8.93. The molecule has 0 aliphatic heterocycles. The average Bonchev–Trinajstić information content (AvgIpc) is 2.64. The number of urea groups is 1. The van der Waals surface area contributed by atoms with E-state index >= 15 is 0 Å². The Bertz CT molecular complexity index is 646. The highest BCUT2D eigenvalue weighted by Crippen LogP contribution is 2.12. The molecule has 0 radical (unpaired) electrons. The Morgan fingerprint density at radius 3 is 2.58 bits per heavy atom. The maximum Gasteiger partial charge on any atom is 0.317 e. The monoisotopic (exact) mass is 328 g/mol. The lowest BCUT2D eigenvalue weighted by Gasteiger charge is -2.23. The van der Waals surface area contributed by atoms with Crippen LogP contribution in [0.25, 0.3) is 0 Å².